The van der Waals surface area contributed by atoms with E-state index in [1.807, 2.05) is 4.89 Å². The van der Waals surface area contributed by atoms with Crippen molar-refractivity contribution >= 4 is 16.2 Å². The summed E-state index contributed by atoms with van der Waals surface area (Å²) in [4.78, 5) is 18.2. The van der Waals surface area contributed by atoms with E-state index >= 15 is 0 Å². The van der Waals surface area contributed by atoms with Gasteiger partial charge in [-0.15, -0.1) is 0 Å². The quantitative estimate of drug-likeness (QED) is 0.549. The minimum Gasteiger partial charge on any atom is -0.466 e. The van der Waals surface area contributed by atoms with Crippen LogP contribution in [0.3, 0.4) is 0 Å². The van der Waals surface area contributed by atoms with Crippen LogP contribution >= 0.6 is 0 Å². The molecule has 0 saturated carbocycles. The summed E-state index contributed by atoms with van der Waals surface area (Å²) in [6.45, 7) is 4.65. The van der Waals surface area contributed by atoms with E-state index in [0.29, 0.717) is 32.5 Å². The summed E-state index contributed by atoms with van der Waals surface area (Å²) in [5.74, 6) is -0.448. The van der Waals surface area contributed by atoms with Gasteiger partial charge in [-0.3, -0.25) is 9.63 Å². The number of esters is 1. The number of nitrogens with one attached hydrogen (secondary N) is 1. The molecule has 106 valence electrons. The minimum atomic E-state index is -3.60. The molecule has 0 amide bonds. The van der Waals surface area contributed by atoms with Crippen LogP contribution < -0.4 is 4.89 Å². The fourth-order valence-electron chi connectivity index (χ4n) is 1.78. The number of hydrogen-bond acceptors (Lipinski definition) is 5. The normalized spacial score (nSPS) is 18.8. The van der Waals surface area contributed by atoms with Crippen molar-refractivity contribution in [1.82, 2.24) is 9.19 Å². The maximum absolute atomic E-state index is 11.7. The van der Waals surface area contributed by atoms with E-state index < -0.39 is 10.2 Å². The van der Waals surface area contributed by atoms with Crippen LogP contribution in [0.1, 0.15) is 26.7 Å². The Bertz CT molecular complexity index is 362. The lowest BCUT2D eigenvalue weighted by Crippen LogP contribution is -2.46. The number of carbonyl (C=O) groups is 1. The van der Waals surface area contributed by atoms with Crippen LogP contribution in [-0.2, 0) is 24.6 Å². The van der Waals surface area contributed by atoms with Gasteiger partial charge in [0.15, 0.2) is 0 Å². The molecule has 1 fully saturated rings. The van der Waals surface area contributed by atoms with Crippen LogP contribution in [-0.4, -0.2) is 45.0 Å². The summed E-state index contributed by atoms with van der Waals surface area (Å²) < 4.78 is 29.6. The number of piperidine rings is 1. The largest absolute Gasteiger partial charge is 0.466 e. The van der Waals surface area contributed by atoms with E-state index in [9.17, 15) is 13.2 Å². The Hall–Kier alpha value is -0.700. The smallest absolute Gasteiger partial charge is 0.309 e. The van der Waals surface area contributed by atoms with Gasteiger partial charge in [-0.05, 0) is 26.7 Å². The number of ether oxygens (including phenoxy) is 1. The monoisotopic (exact) mass is 280 g/mol. The van der Waals surface area contributed by atoms with Crippen LogP contribution in [0.15, 0.2) is 0 Å². The molecule has 0 atom stereocenters. The van der Waals surface area contributed by atoms with E-state index in [0.717, 1.165) is 0 Å². The number of hydrogen-bond donors (Lipinski definition) is 1. The fourth-order valence-corrected chi connectivity index (χ4v) is 2.84. The van der Waals surface area contributed by atoms with E-state index in [4.69, 9.17) is 9.57 Å². The standard InChI is InChI=1S/C10H20N2O5S/c1-3-16-10(13)9-5-7-12(8-6-9)18(14,15)11-17-4-2/h9,11H,3-8H2,1-2H3. The zero-order valence-corrected chi connectivity index (χ0v) is 11.5. The number of nitrogens with zero attached hydrogens (tertiary/aromatic N) is 1. The molecule has 1 saturated heterocycles. The van der Waals surface area contributed by atoms with Crippen molar-refractivity contribution < 1.29 is 22.8 Å². The van der Waals surface area contributed by atoms with Crippen LogP contribution in [0.4, 0.5) is 0 Å². The molecule has 18 heavy (non-hydrogen) atoms. The average Bonchev–Trinajstić information content (AvgIpc) is 2.37. The molecule has 0 aromatic carbocycles. The second-order valence-corrected chi connectivity index (χ2v) is 5.58. The molecule has 1 aliphatic heterocycles. The van der Waals surface area contributed by atoms with Gasteiger partial charge in [-0.2, -0.15) is 12.7 Å². The fraction of sp³-hybridized carbons (Fsp3) is 0.900. The van der Waals surface area contributed by atoms with E-state index in [2.05, 4.69) is 0 Å². The van der Waals surface area contributed by atoms with Crippen molar-refractivity contribution in [2.45, 2.75) is 26.7 Å². The Morgan fingerprint density at radius 3 is 2.39 bits per heavy atom. The Morgan fingerprint density at radius 2 is 1.89 bits per heavy atom. The molecule has 0 aromatic rings. The van der Waals surface area contributed by atoms with Crippen molar-refractivity contribution in [2.24, 2.45) is 5.92 Å². The maximum Gasteiger partial charge on any atom is 0.309 e. The highest BCUT2D eigenvalue weighted by molar-refractivity contribution is 7.87. The number of rotatable bonds is 6. The third-order valence-corrected chi connectivity index (χ3v) is 4.10. The Kier molecular flexibility index (Phi) is 6.00. The first-order valence-electron chi connectivity index (χ1n) is 6.06. The SMILES string of the molecule is CCONS(=O)(=O)N1CCC(C(=O)OCC)CC1. The molecule has 1 heterocycles. The molecule has 0 bridgehead atoms. The minimum absolute atomic E-state index is 0.205. The van der Waals surface area contributed by atoms with Gasteiger partial charge in [-0.25, -0.2) is 0 Å². The molecule has 0 radical (unpaired) electrons. The van der Waals surface area contributed by atoms with Crippen molar-refractivity contribution in [3.05, 3.63) is 0 Å². The molecule has 8 heteroatoms. The molecule has 1 rings (SSSR count). The van der Waals surface area contributed by atoms with Gasteiger partial charge >= 0.3 is 16.2 Å². The van der Waals surface area contributed by atoms with Crippen LogP contribution in [0, 0.1) is 5.92 Å². The maximum atomic E-state index is 11.7. The first-order chi connectivity index (χ1) is 8.51. The predicted molar refractivity (Wildman–Crippen MR) is 64.6 cm³/mol. The first-order valence-corrected chi connectivity index (χ1v) is 7.50. The predicted octanol–water partition coefficient (Wildman–Crippen LogP) is 0.0474. The third-order valence-electron chi connectivity index (χ3n) is 2.72. The summed E-state index contributed by atoms with van der Waals surface area (Å²) in [6.07, 6.45) is 0.956. The van der Waals surface area contributed by atoms with Gasteiger partial charge in [-0.1, -0.05) is 4.89 Å². The lowest BCUT2D eigenvalue weighted by molar-refractivity contribution is -0.149. The highest BCUT2D eigenvalue weighted by atomic mass is 32.2. The summed E-state index contributed by atoms with van der Waals surface area (Å²) >= 11 is 0. The van der Waals surface area contributed by atoms with E-state index in [-0.39, 0.29) is 18.5 Å². The summed E-state index contributed by atoms with van der Waals surface area (Å²) in [7, 11) is -3.60. The molecule has 0 aromatic heterocycles. The zero-order chi connectivity index (χ0) is 13.6. The first kappa shape index (κ1) is 15.4. The zero-order valence-electron chi connectivity index (χ0n) is 10.7. The Labute approximate surface area is 108 Å². The molecule has 0 spiro atoms. The Balaban J connectivity index is 2.46. The van der Waals surface area contributed by atoms with Gasteiger partial charge in [0.1, 0.15) is 0 Å². The topological polar surface area (TPSA) is 84.9 Å². The highest BCUT2D eigenvalue weighted by Crippen LogP contribution is 2.20. The van der Waals surface area contributed by atoms with Gasteiger partial charge in [0.25, 0.3) is 0 Å². The third kappa shape index (κ3) is 4.20. The molecule has 1 aliphatic rings. The molecular formula is C10H20N2O5S. The highest BCUT2D eigenvalue weighted by Gasteiger charge is 2.31. The molecule has 1 N–H and O–H groups in total. The molecule has 0 unspecified atom stereocenters. The lowest BCUT2D eigenvalue weighted by atomic mass is 9.98. The average molecular weight is 280 g/mol. The second-order valence-electron chi connectivity index (χ2n) is 3.95. The van der Waals surface area contributed by atoms with Crippen LogP contribution in [0.5, 0.6) is 0 Å². The van der Waals surface area contributed by atoms with Crippen LogP contribution in [0.25, 0.3) is 0 Å². The van der Waals surface area contributed by atoms with Gasteiger partial charge in [0.2, 0.25) is 0 Å². The number of carbonyl (C=O) groups excluding carboxylic acids is 1. The van der Waals surface area contributed by atoms with Gasteiger partial charge in [0, 0.05) is 13.1 Å². The van der Waals surface area contributed by atoms with Crippen molar-refractivity contribution in [2.75, 3.05) is 26.3 Å². The van der Waals surface area contributed by atoms with Crippen LogP contribution in [0.2, 0.25) is 0 Å². The van der Waals surface area contributed by atoms with E-state index in [1.54, 1.807) is 13.8 Å². The van der Waals surface area contributed by atoms with Gasteiger partial charge < -0.3 is 4.74 Å². The Morgan fingerprint density at radius 1 is 1.28 bits per heavy atom. The summed E-state index contributed by atoms with van der Waals surface area (Å²) in [5, 5.41) is 0. The lowest BCUT2D eigenvalue weighted by Gasteiger charge is -2.29. The second kappa shape index (κ2) is 7.03. The summed E-state index contributed by atoms with van der Waals surface area (Å²) in [5.41, 5.74) is 0. The molecule has 0 aliphatic carbocycles. The van der Waals surface area contributed by atoms with Crippen molar-refractivity contribution in [1.29, 1.82) is 0 Å². The van der Waals surface area contributed by atoms with E-state index in [1.165, 1.54) is 4.31 Å². The molecule has 7 nitrogen and oxygen atoms in total. The van der Waals surface area contributed by atoms with Crippen molar-refractivity contribution in [3.8, 4) is 0 Å². The van der Waals surface area contributed by atoms with Gasteiger partial charge in [0.05, 0.1) is 19.1 Å². The summed E-state index contributed by atoms with van der Waals surface area (Å²) in [6, 6.07) is 0. The molecular weight excluding hydrogens is 260 g/mol. The van der Waals surface area contributed by atoms with Crippen molar-refractivity contribution in [3.63, 3.8) is 0 Å².